The van der Waals surface area contributed by atoms with Crippen molar-refractivity contribution in [2.24, 2.45) is 0 Å². The van der Waals surface area contributed by atoms with Crippen LogP contribution in [0.4, 0.5) is 0 Å². The fraction of sp³-hybridized carbons (Fsp3) is 0.500. The molecule has 0 saturated carbocycles. The smallest absolute Gasteiger partial charge is 0.870 e. The Kier molecular flexibility index (Phi) is 96.9. The van der Waals surface area contributed by atoms with Gasteiger partial charge in [0.1, 0.15) is 0 Å². The monoisotopic (exact) mass is 332 g/mol. The van der Waals surface area contributed by atoms with E-state index in [0.717, 1.165) is 13.8 Å². The van der Waals surface area contributed by atoms with Crippen LogP contribution in [0.25, 0.3) is 0 Å². The molecule has 0 aliphatic rings. The van der Waals surface area contributed by atoms with Crippen LogP contribution in [0.2, 0.25) is 0 Å². The summed E-state index contributed by atoms with van der Waals surface area (Å²) in [6, 6.07) is 0. The van der Waals surface area contributed by atoms with Gasteiger partial charge in [0.2, 0.25) is 0 Å². The minimum atomic E-state index is -1.08. The third kappa shape index (κ3) is 2510. The normalized spacial score (nSPS) is 4.17. The molecule has 68 valence electrons. The second-order valence-corrected chi connectivity index (χ2v) is 0.983. The predicted molar refractivity (Wildman–Crippen MR) is 25.2 cm³/mol. The van der Waals surface area contributed by atoms with E-state index in [9.17, 15) is 0 Å². The molecule has 0 heterocycles. The Morgan fingerprint density at radius 2 is 0.917 bits per heavy atom. The fourth-order valence-electron chi connectivity index (χ4n) is 0. The minimum Gasteiger partial charge on any atom is -0.870 e. The summed E-state index contributed by atoms with van der Waals surface area (Å²) < 4.78 is 0. The van der Waals surface area contributed by atoms with Crippen molar-refractivity contribution in [1.29, 1.82) is 0 Å². The molecular formula is C4H8O6Zr2. The molecule has 0 fully saturated rings. The van der Waals surface area contributed by atoms with Gasteiger partial charge in [0, 0.05) is 38.1 Å². The van der Waals surface area contributed by atoms with E-state index in [1.807, 2.05) is 0 Å². The number of carbonyl (C=O) groups is 2. The third-order valence-electron chi connectivity index (χ3n) is 0. The van der Waals surface area contributed by atoms with Crippen LogP contribution in [-0.4, -0.2) is 22.9 Å². The van der Waals surface area contributed by atoms with Gasteiger partial charge in [-0.25, -0.2) is 0 Å². The Bertz CT molecular complexity index is 75.5. The van der Waals surface area contributed by atoms with Crippen LogP contribution >= 0.6 is 0 Å². The third-order valence-corrected chi connectivity index (χ3v) is 0. The van der Waals surface area contributed by atoms with Crippen molar-refractivity contribution in [3.05, 3.63) is 0 Å². The number of carboxylic acids is 2. The minimum absolute atomic E-state index is 0. The van der Waals surface area contributed by atoms with Crippen molar-refractivity contribution in [3.8, 4) is 0 Å². The van der Waals surface area contributed by atoms with E-state index in [4.69, 9.17) is 19.8 Å². The van der Waals surface area contributed by atoms with E-state index in [2.05, 4.69) is 0 Å². The Labute approximate surface area is 108 Å². The molecule has 0 rings (SSSR count). The Morgan fingerprint density at radius 1 is 0.917 bits per heavy atom. The second-order valence-electron chi connectivity index (χ2n) is 0.983. The Morgan fingerprint density at radius 3 is 0.917 bits per heavy atom. The summed E-state index contributed by atoms with van der Waals surface area (Å²) in [4.78, 5) is 17.8. The molecule has 0 atom stereocenters. The molecule has 0 unspecified atom stereocenters. The maximum absolute atomic E-state index is 8.89. The maximum atomic E-state index is 8.89. The fourth-order valence-corrected chi connectivity index (χ4v) is 0. The molecule has 0 bridgehead atoms. The van der Waals surface area contributed by atoms with Gasteiger partial charge in [-0.1, -0.05) is 0 Å². The van der Waals surface area contributed by atoms with E-state index in [-0.39, 0.29) is 63.4 Å². The van der Waals surface area contributed by atoms with Crippen molar-refractivity contribution in [3.63, 3.8) is 0 Å². The number of hydrogen-bond donors (Lipinski definition) is 0. The van der Waals surface area contributed by atoms with Gasteiger partial charge in [-0.3, -0.25) is 0 Å². The van der Waals surface area contributed by atoms with E-state index < -0.39 is 11.9 Å². The van der Waals surface area contributed by atoms with Crippen molar-refractivity contribution in [2.75, 3.05) is 0 Å². The number of hydrogen-bond acceptors (Lipinski definition) is 6. The number of aliphatic carboxylic acids is 2. The number of carbonyl (C=O) groups excluding carboxylic acids is 2. The molecule has 2 N–H and O–H groups in total. The Balaban J connectivity index is -0.0000000112. The molecule has 12 heavy (non-hydrogen) atoms. The second kappa shape index (κ2) is 29.9. The standard InChI is InChI=1S/2C2H4O2.2H2O.2Zr/c2*1-2(3)4;;;;/h2*1H3,(H,3,4);2*1H2;;/q;;;;;+4/p-4. The van der Waals surface area contributed by atoms with Gasteiger partial charge in [-0.2, -0.15) is 0 Å². The maximum Gasteiger partial charge on any atom is 4.00 e. The molecule has 0 amide bonds. The molecule has 0 aliphatic heterocycles. The number of rotatable bonds is 0. The molecule has 6 nitrogen and oxygen atoms in total. The Hall–Kier alpha value is 0.626. The van der Waals surface area contributed by atoms with Gasteiger partial charge in [0.25, 0.3) is 0 Å². The molecule has 0 aromatic carbocycles. The zero-order chi connectivity index (χ0) is 7.15. The van der Waals surface area contributed by atoms with Crippen molar-refractivity contribution < 1.29 is 83.2 Å². The average molecular weight is 335 g/mol. The topological polar surface area (TPSA) is 140 Å². The van der Waals surface area contributed by atoms with Gasteiger partial charge in [-0.05, 0) is 13.8 Å². The van der Waals surface area contributed by atoms with Crippen LogP contribution in [-0.2, 0) is 62.0 Å². The van der Waals surface area contributed by atoms with Crippen LogP contribution in [0.1, 0.15) is 13.8 Å². The van der Waals surface area contributed by atoms with Gasteiger partial charge in [0.05, 0.1) is 0 Å². The molecule has 0 spiro atoms. The van der Waals surface area contributed by atoms with E-state index in [0.29, 0.717) is 0 Å². The molecule has 0 aromatic rings. The van der Waals surface area contributed by atoms with Crippen molar-refractivity contribution in [2.45, 2.75) is 13.8 Å². The van der Waals surface area contributed by atoms with Gasteiger partial charge < -0.3 is 30.8 Å². The summed E-state index contributed by atoms with van der Waals surface area (Å²) in [6.45, 7) is 1.94. The molecule has 0 saturated heterocycles. The van der Waals surface area contributed by atoms with Crippen LogP contribution in [0, 0.1) is 0 Å². The first kappa shape index (κ1) is 38.9. The van der Waals surface area contributed by atoms with E-state index in [1.54, 1.807) is 0 Å². The van der Waals surface area contributed by atoms with E-state index in [1.165, 1.54) is 0 Å². The molecule has 0 aromatic heterocycles. The van der Waals surface area contributed by atoms with Crippen LogP contribution in [0.5, 0.6) is 0 Å². The quantitative estimate of drug-likeness (QED) is 0.467. The SMILES string of the molecule is CC(=O)[O-].CC(=O)[O-].[OH-].[OH-].[Zr+4].[Zr]. The molecular weight excluding hydrogens is 326 g/mol. The number of carboxylic acid groups (broad SMARTS) is 2. The van der Waals surface area contributed by atoms with Crippen molar-refractivity contribution in [1.82, 2.24) is 0 Å². The van der Waals surface area contributed by atoms with E-state index >= 15 is 0 Å². The summed E-state index contributed by atoms with van der Waals surface area (Å²) in [7, 11) is 0. The zero-order valence-corrected chi connectivity index (χ0v) is 11.4. The first-order valence-corrected chi connectivity index (χ1v) is 1.82. The van der Waals surface area contributed by atoms with Gasteiger partial charge >= 0.3 is 26.2 Å². The largest absolute Gasteiger partial charge is 4.00 e. The van der Waals surface area contributed by atoms with Crippen LogP contribution < -0.4 is 10.2 Å². The molecule has 0 radical (unpaired) electrons. The van der Waals surface area contributed by atoms with Crippen LogP contribution in [0.3, 0.4) is 0 Å². The summed E-state index contributed by atoms with van der Waals surface area (Å²) in [5, 5.41) is 17.8. The summed E-state index contributed by atoms with van der Waals surface area (Å²) in [5.74, 6) is -2.17. The van der Waals surface area contributed by atoms with Crippen LogP contribution in [0.15, 0.2) is 0 Å². The van der Waals surface area contributed by atoms with Gasteiger partial charge in [-0.15, -0.1) is 0 Å². The van der Waals surface area contributed by atoms with Crippen molar-refractivity contribution >= 4 is 11.9 Å². The first-order chi connectivity index (χ1) is 3.46. The van der Waals surface area contributed by atoms with Gasteiger partial charge in [0.15, 0.2) is 0 Å². The average Bonchev–Trinajstić information content (AvgIpc) is 1.25. The molecule has 8 heteroatoms. The zero-order valence-electron chi connectivity index (χ0n) is 6.53. The molecule has 0 aliphatic carbocycles. The summed E-state index contributed by atoms with van der Waals surface area (Å²) in [5.41, 5.74) is 0. The first-order valence-electron chi connectivity index (χ1n) is 1.82. The summed E-state index contributed by atoms with van der Waals surface area (Å²) in [6.07, 6.45) is 0. The predicted octanol–water partition coefficient (Wildman–Crippen LogP) is -2.85. The summed E-state index contributed by atoms with van der Waals surface area (Å²) >= 11 is 0.